The Hall–Kier alpha value is -1.54. The summed E-state index contributed by atoms with van der Waals surface area (Å²) in [5.41, 5.74) is 8.68. The first-order valence-electron chi connectivity index (χ1n) is 8.04. The molecule has 0 spiro atoms. The minimum Gasteiger partial charge on any atom is -0.381 e. The van der Waals surface area contributed by atoms with Gasteiger partial charge in [-0.15, -0.1) is 22.6 Å². The minimum absolute atomic E-state index is 0. The lowest BCUT2D eigenvalue weighted by Gasteiger charge is -2.34. The van der Waals surface area contributed by atoms with Gasteiger partial charge in [0.15, 0.2) is 0 Å². The maximum absolute atomic E-state index is 12.7. The van der Waals surface area contributed by atoms with Crippen molar-refractivity contribution in [2.24, 2.45) is 11.1 Å². The van der Waals surface area contributed by atoms with Crippen molar-refractivity contribution in [3.63, 3.8) is 0 Å². The molecule has 1 aliphatic rings. The first kappa shape index (κ1) is 19.8. The average molecular weight is 383 g/mol. The van der Waals surface area contributed by atoms with Gasteiger partial charge in [-0.1, -0.05) is 28.5 Å². The summed E-state index contributed by atoms with van der Waals surface area (Å²) in [6.45, 7) is 5.54. The number of aromatic nitrogens is 2. The summed E-state index contributed by atoms with van der Waals surface area (Å²) in [5, 5.41) is 12.5. The van der Waals surface area contributed by atoms with E-state index in [9.17, 15) is 4.79 Å². The number of ether oxygens (including phenoxy) is 1. The molecule has 3 N–H and O–H groups in total. The molecule has 0 saturated carbocycles. The molecule has 3 rings (SSSR count). The van der Waals surface area contributed by atoms with Gasteiger partial charge in [0.2, 0.25) is 11.0 Å². The molecule has 1 aromatic heterocycles. The van der Waals surface area contributed by atoms with Crippen molar-refractivity contribution in [3.05, 3.63) is 29.3 Å². The van der Waals surface area contributed by atoms with E-state index in [-0.39, 0.29) is 18.3 Å². The Morgan fingerprint density at radius 3 is 2.48 bits per heavy atom. The number of nitrogens with two attached hydrogens (primary N) is 1. The van der Waals surface area contributed by atoms with Gasteiger partial charge in [0.05, 0.1) is 5.41 Å². The van der Waals surface area contributed by atoms with Crippen LogP contribution < -0.4 is 11.1 Å². The van der Waals surface area contributed by atoms with E-state index < -0.39 is 5.41 Å². The molecule has 0 bridgehead atoms. The summed E-state index contributed by atoms with van der Waals surface area (Å²) in [6.07, 6.45) is 1.27. The fraction of sp³-hybridized carbons (Fsp3) is 0.471. The Labute approximate surface area is 157 Å². The number of halogens is 1. The van der Waals surface area contributed by atoms with Crippen molar-refractivity contribution < 1.29 is 9.53 Å². The quantitative estimate of drug-likeness (QED) is 0.848. The predicted octanol–water partition coefficient (Wildman–Crippen LogP) is 2.94. The highest BCUT2D eigenvalue weighted by atomic mass is 35.5. The zero-order valence-electron chi connectivity index (χ0n) is 14.4. The fourth-order valence-electron chi connectivity index (χ4n) is 3.00. The largest absolute Gasteiger partial charge is 0.381 e. The van der Waals surface area contributed by atoms with Crippen LogP contribution in [-0.2, 0) is 9.53 Å². The lowest BCUT2D eigenvalue weighted by Crippen LogP contribution is -2.46. The van der Waals surface area contributed by atoms with Crippen LogP contribution in [0.15, 0.2) is 18.2 Å². The van der Waals surface area contributed by atoms with Gasteiger partial charge in [0.25, 0.3) is 0 Å². The van der Waals surface area contributed by atoms with E-state index in [1.807, 2.05) is 0 Å². The number of nitrogens with zero attached hydrogens (tertiary/aromatic N) is 2. The number of hydrogen-bond acceptors (Lipinski definition) is 6. The highest BCUT2D eigenvalue weighted by Crippen LogP contribution is 2.33. The maximum Gasteiger partial charge on any atom is 0.233 e. The van der Waals surface area contributed by atoms with E-state index in [2.05, 4.69) is 47.6 Å². The zero-order valence-corrected chi connectivity index (χ0v) is 16.0. The van der Waals surface area contributed by atoms with Gasteiger partial charge in [-0.05, 0) is 38.8 Å². The monoisotopic (exact) mass is 382 g/mol. The molecule has 25 heavy (non-hydrogen) atoms. The molecule has 0 radical (unpaired) electrons. The Morgan fingerprint density at radius 1 is 1.24 bits per heavy atom. The molecule has 0 aliphatic carbocycles. The van der Waals surface area contributed by atoms with Crippen LogP contribution in [0.4, 0.5) is 5.13 Å². The summed E-state index contributed by atoms with van der Waals surface area (Å²) >= 11 is 1.38. The molecule has 2 heterocycles. The standard InChI is InChI=1S/C17H22N4O2S.ClH/c1-11-7-12(2)9-13(8-11)14-20-21-16(24-14)19-15(22)17(10-18)3-5-23-6-4-17;/h7-9H,3-6,10,18H2,1-2H3,(H,19,21,22);1H. The van der Waals surface area contributed by atoms with E-state index >= 15 is 0 Å². The molecule has 8 heteroatoms. The number of amides is 1. The zero-order chi connectivity index (χ0) is 17.2. The normalized spacial score (nSPS) is 16.1. The van der Waals surface area contributed by atoms with Crippen molar-refractivity contribution in [1.82, 2.24) is 10.2 Å². The first-order chi connectivity index (χ1) is 11.5. The van der Waals surface area contributed by atoms with Gasteiger partial charge in [0, 0.05) is 25.3 Å². The van der Waals surface area contributed by atoms with Gasteiger partial charge in [-0.2, -0.15) is 0 Å². The van der Waals surface area contributed by atoms with Crippen LogP contribution >= 0.6 is 23.7 Å². The van der Waals surface area contributed by atoms with Crippen LogP contribution in [0.5, 0.6) is 0 Å². The topological polar surface area (TPSA) is 90.1 Å². The Morgan fingerprint density at radius 2 is 1.88 bits per heavy atom. The molecule has 0 atom stereocenters. The van der Waals surface area contributed by atoms with E-state index in [0.717, 1.165) is 10.6 Å². The molecule has 1 aromatic carbocycles. The lowest BCUT2D eigenvalue weighted by molar-refractivity contribution is -0.130. The summed E-state index contributed by atoms with van der Waals surface area (Å²) < 4.78 is 5.35. The number of carbonyl (C=O) groups is 1. The molecule has 2 aromatic rings. The van der Waals surface area contributed by atoms with Gasteiger partial charge >= 0.3 is 0 Å². The van der Waals surface area contributed by atoms with Crippen molar-refractivity contribution in [2.75, 3.05) is 25.1 Å². The molecule has 136 valence electrons. The van der Waals surface area contributed by atoms with Gasteiger partial charge in [-0.25, -0.2) is 0 Å². The Bertz CT molecular complexity index is 724. The summed E-state index contributed by atoms with van der Waals surface area (Å²) in [5.74, 6) is -0.0866. The van der Waals surface area contributed by atoms with E-state index in [0.29, 0.717) is 37.7 Å². The van der Waals surface area contributed by atoms with Crippen LogP contribution in [0.3, 0.4) is 0 Å². The van der Waals surface area contributed by atoms with Gasteiger partial charge in [0.1, 0.15) is 5.01 Å². The second-order valence-electron chi connectivity index (χ2n) is 6.34. The lowest BCUT2D eigenvalue weighted by atomic mass is 9.79. The average Bonchev–Trinajstić information content (AvgIpc) is 3.03. The van der Waals surface area contributed by atoms with E-state index in [1.165, 1.54) is 22.5 Å². The number of anilines is 1. The number of benzene rings is 1. The van der Waals surface area contributed by atoms with Crippen molar-refractivity contribution >= 4 is 34.8 Å². The van der Waals surface area contributed by atoms with E-state index in [1.54, 1.807) is 0 Å². The third kappa shape index (κ3) is 4.36. The molecule has 6 nitrogen and oxygen atoms in total. The van der Waals surface area contributed by atoms with Crippen LogP contribution in [0.2, 0.25) is 0 Å². The molecular weight excluding hydrogens is 360 g/mol. The Kier molecular flexibility index (Phi) is 6.51. The SMILES string of the molecule is Cc1cc(C)cc(-c2nnc(NC(=O)C3(CN)CCOCC3)s2)c1.Cl. The van der Waals surface area contributed by atoms with Crippen molar-refractivity contribution in [2.45, 2.75) is 26.7 Å². The smallest absolute Gasteiger partial charge is 0.233 e. The third-order valence-corrected chi connectivity index (χ3v) is 5.32. The number of aryl methyl sites for hydroxylation is 2. The van der Waals surface area contributed by atoms with Crippen LogP contribution in [-0.4, -0.2) is 35.9 Å². The molecule has 1 fully saturated rings. The highest BCUT2D eigenvalue weighted by molar-refractivity contribution is 7.18. The first-order valence-corrected chi connectivity index (χ1v) is 8.85. The van der Waals surface area contributed by atoms with Crippen LogP contribution in [0.1, 0.15) is 24.0 Å². The summed E-state index contributed by atoms with van der Waals surface area (Å²) in [7, 11) is 0. The van der Waals surface area contributed by atoms with E-state index in [4.69, 9.17) is 10.5 Å². The predicted molar refractivity (Wildman–Crippen MR) is 102 cm³/mol. The number of hydrogen-bond donors (Lipinski definition) is 2. The summed E-state index contributed by atoms with van der Waals surface area (Å²) in [6, 6.07) is 6.25. The molecular formula is C17H23ClN4O2S. The van der Waals surface area contributed by atoms with Crippen LogP contribution in [0, 0.1) is 19.3 Å². The molecule has 1 amide bonds. The molecule has 0 unspecified atom stereocenters. The van der Waals surface area contributed by atoms with Crippen molar-refractivity contribution in [1.29, 1.82) is 0 Å². The fourth-order valence-corrected chi connectivity index (χ4v) is 3.73. The second kappa shape index (κ2) is 8.23. The third-order valence-electron chi connectivity index (χ3n) is 4.44. The highest BCUT2D eigenvalue weighted by Gasteiger charge is 2.39. The number of nitrogens with one attached hydrogen (secondary N) is 1. The number of rotatable bonds is 4. The minimum atomic E-state index is -0.565. The maximum atomic E-state index is 12.7. The van der Waals surface area contributed by atoms with Crippen LogP contribution in [0.25, 0.3) is 10.6 Å². The Balaban J connectivity index is 0.00000225. The molecule has 1 saturated heterocycles. The summed E-state index contributed by atoms with van der Waals surface area (Å²) in [4.78, 5) is 12.7. The van der Waals surface area contributed by atoms with Gasteiger partial charge < -0.3 is 10.5 Å². The van der Waals surface area contributed by atoms with Crippen molar-refractivity contribution in [3.8, 4) is 10.6 Å². The number of carbonyl (C=O) groups excluding carboxylic acids is 1. The second-order valence-corrected chi connectivity index (χ2v) is 7.32. The van der Waals surface area contributed by atoms with Gasteiger partial charge in [-0.3, -0.25) is 10.1 Å². The molecule has 1 aliphatic heterocycles.